The number of aromatic nitrogens is 2. The summed E-state index contributed by atoms with van der Waals surface area (Å²) in [5.74, 6) is 0.469. The highest BCUT2D eigenvalue weighted by Gasteiger charge is 2.30. The summed E-state index contributed by atoms with van der Waals surface area (Å²) in [6.45, 7) is 1.19. The van der Waals surface area contributed by atoms with Gasteiger partial charge in [-0.2, -0.15) is 0 Å². The molecule has 0 atom stereocenters. The van der Waals surface area contributed by atoms with E-state index in [0.717, 1.165) is 9.48 Å². The van der Waals surface area contributed by atoms with Gasteiger partial charge in [0.25, 0.3) is 5.91 Å². The van der Waals surface area contributed by atoms with Crippen molar-refractivity contribution in [2.75, 3.05) is 18.4 Å². The molecule has 1 N–H and O–H groups in total. The van der Waals surface area contributed by atoms with Gasteiger partial charge in [-0.3, -0.25) is 9.59 Å². The fraction of sp³-hybridized carbons (Fsp3) is 0.444. The average molecular weight is 435 g/mol. The Labute approximate surface area is 164 Å². The highest BCUT2D eigenvalue weighted by atomic mass is 79.9. The summed E-state index contributed by atoms with van der Waals surface area (Å²) in [7, 11) is 0. The van der Waals surface area contributed by atoms with Crippen LogP contribution < -0.4 is 5.32 Å². The quantitative estimate of drug-likeness (QED) is 0.796. The molecular weight excluding hydrogens is 416 g/mol. The highest BCUT2D eigenvalue weighted by Crippen LogP contribution is 2.42. The van der Waals surface area contributed by atoms with Gasteiger partial charge in [0.05, 0.1) is 0 Å². The first-order valence-electron chi connectivity index (χ1n) is 8.79. The van der Waals surface area contributed by atoms with Gasteiger partial charge in [0, 0.05) is 35.0 Å². The lowest BCUT2D eigenvalue weighted by Crippen LogP contribution is -2.41. The Balaban J connectivity index is 1.30. The van der Waals surface area contributed by atoms with Crippen molar-refractivity contribution in [3.63, 3.8) is 0 Å². The van der Waals surface area contributed by atoms with E-state index in [1.165, 1.54) is 24.2 Å². The van der Waals surface area contributed by atoms with Crippen molar-refractivity contribution < 1.29 is 9.59 Å². The summed E-state index contributed by atoms with van der Waals surface area (Å²) in [6.07, 6.45) is 3.69. The van der Waals surface area contributed by atoms with Crippen molar-refractivity contribution in [3.8, 4) is 0 Å². The smallest absolute Gasteiger partial charge is 0.253 e. The molecule has 1 aliphatic carbocycles. The van der Waals surface area contributed by atoms with E-state index in [1.807, 2.05) is 29.2 Å². The van der Waals surface area contributed by atoms with E-state index in [2.05, 4.69) is 31.4 Å². The lowest BCUT2D eigenvalue weighted by atomic mass is 9.95. The van der Waals surface area contributed by atoms with Crippen molar-refractivity contribution in [3.05, 3.63) is 39.3 Å². The summed E-state index contributed by atoms with van der Waals surface area (Å²) in [5.41, 5.74) is 0.678. The molecule has 4 rings (SSSR count). The van der Waals surface area contributed by atoms with E-state index in [9.17, 15) is 9.59 Å². The Bertz CT molecular complexity index is 811. The monoisotopic (exact) mass is 434 g/mol. The molecule has 0 spiro atoms. The molecule has 2 aliphatic rings. The Kier molecular flexibility index (Phi) is 5.04. The molecule has 2 heterocycles. The molecule has 0 bridgehead atoms. The standard InChI is InChI=1S/C18H19BrN4O2S/c19-14-5-3-13(4-6-14)17(25)23-9-7-11(8-10-23)15(24)20-18-22-21-16(26-18)12-1-2-12/h3-6,11-12H,1-2,7-10H2,(H,20,22,24). The summed E-state index contributed by atoms with van der Waals surface area (Å²) < 4.78 is 0.950. The molecular formula is C18H19BrN4O2S. The Morgan fingerprint density at radius 2 is 1.77 bits per heavy atom. The number of hydrogen-bond donors (Lipinski definition) is 1. The number of amides is 2. The minimum atomic E-state index is -0.0859. The van der Waals surface area contributed by atoms with Gasteiger partial charge < -0.3 is 10.2 Å². The van der Waals surface area contributed by atoms with E-state index in [4.69, 9.17) is 0 Å². The number of halogens is 1. The molecule has 2 aromatic rings. The molecule has 6 nitrogen and oxygen atoms in total. The molecule has 1 aromatic heterocycles. The number of nitrogens with one attached hydrogen (secondary N) is 1. The zero-order valence-corrected chi connectivity index (χ0v) is 16.6. The van der Waals surface area contributed by atoms with Gasteiger partial charge in [-0.1, -0.05) is 27.3 Å². The van der Waals surface area contributed by atoms with Crippen molar-refractivity contribution in [1.82, 2.24) is 15.1 Å². The van der Waals surface area contributed by atoms with E-state index in [0.29, 0.717) is 42.5 Å². The number of likely N-dealkylation sites (tertiary alicyclic amines) is 1. The van der Waals surface area contributed by atoms with Crippen LogP contribution in [0.25, 0.3) is 0 Å². The van der Waals surface area contributed by atoms with Gasteiger partial charge in [0.15, 0.2) is 0 Å². The van der Waals surface area contributed by atoms with Crippen LogP contribution in [0.3, 0.4) is 0 Å². The second-order valence-electron chi connectivity index (χ2n) is 6.78. The highest BCUT2D eigenvalue weighted by molar-refractivity contribution is 9.10. The molecule has 26 heavy (non-hydrogen) atoms. The minimum absolute atomic E-state index is 0.0146. The second kappa shape index (κ2) is 7.44. The number of piperidine rings is 1. The summed E-state index contributed by atoms with van der Waals surface area (Å²) >= 11 is 4.85. The normalized spacial score (nSPS) is 18.0. The number of carbonyl (C=O) groups is 2. The largest absolute Gasteiger partial charge is 0.339 e. The zero-order chi connectivity index (χ0) is 18.1. The van der Waals surface area contributed by atoms with Gasteiger partial charge in [0.1, 0.15) is 5.01 Å². The molecule has 0 radical (unpaired) electrons. The summed E-state index contributed by atoms with van der Waals surface area (Å²) in [4.78, 5) is 26.8. The van der Waals surface area contributed by atoms with E-state index in [1.54, 1.807) is 0 Å². The van der Waals surface area contributed by atoms with Crippen LogP contribution in [0.1, 0.15) is 47.0 Å². The predicted octanol–water partition coefficient (Wildman–Crippen LogP) is 3.67. The van der Waals surface area contributed by atoms with Crippen LogP contribution in [0.4, 0.5) is 5.13 Å². The van der Waals surface area contributed by atoms with E-state index >= 15 is 0 Å². The zero-order valence-electron chi connectivity index (χ0n) is 14.2. The summed E-state index contributed by atoms with van der Waals surface area (Å²) in [5, 5.41) is 12.7. The Morgan fingerprint density at radius 1 is 1.08 bits per heavy atom. The van der Waals surface area contributed by atoms with Crippen LogP contribution in [0.15, 0.2) is 28.7 Å². The number of nitrogens with zero attached hydrogens (tertiary/aromatic N) is 3. The first kappa shape index (κ1) is 17.6. The number of anilines is 1. The number of hydrogen-bond acceptors (Lipinski definition) is 5. The van der Waals surface area contributed by atoms with E-state index in [-0.39, 0.29) is 17.7 Å². The maximum absolute atomic E-state index is 12.5. The number of benzene rings is 1. The van der Waals surface area contributed by atoms with Crippen LogP contribution in [0.2, 0.25) is 0 Å². The van der Waals surface area contributed by atoms with Gasteiger partial charge in [-0.05, 0) is 49.9 Å². The molecule has 1 aliphatic heterocycles. The fourth-order valence-corrected chi connectivity index (χ4v) is 4.29. The Morgan fingerprint density at radius 3 is 2.42 bits per heavy atom. The third-order valence-electron chi connectivity index (χ3n) is 4.84. The predicted molar refractivity (Wildman–Crippen MR) is 103 cm³/mol. The molecule has 1 saturated carbocycles. The lowest BCUT2D eigenvalue weighted by molar-refractivity contribution is -0.121. The van der Waals surface area contributed by atoms with Gasteiger partial charge >= 0.3 is 0 Å². The fourth-order valence-electron chi connectivity index (χ4n) is 3.11. The maximum atomic E-state index is 12.5. The molecule has 2 amide bonds. The number of rotatable bonds is 4. The van der Waals surface area contributed by atoms with Gasteiger partial charge in [0.2, 0.25) is 11.0 Å². The first-order chi connectivity index (χ1) is 12.6. The minimum Gasteiger partial charge on any atom is -0.339 e. The van der Waals surface area contributed by atoms with Crippen LogP contribution in [0.5, 0.6) is 0 Å². The third kappa shape index (κ3) is 3.96. The average Bonchev–Trinajstić information content (AvgIpc) is 3.41. The van der Waals surface area contributed by atoms with Crippen molar-refractivity contribution in [2.24, 2.45) is 5.92 Å². The van der Waals surface area contributed by atoms with Gasteiger partial charge in [-0.15, -0.1) is 10.2 Å². The van der Waals surface area contributed by atoms with Crippen molar-refractivity contribution in [1.29, 1.82) is 0 Å². The molecule has 0 unspecified atom stereocenters. The van der Waals surface area contributed by atoms with Crippen LogP contribution in [-0.2, 0) is 4.79 Å². The topological polar surface area (TPSA) is 75.2 Å². The van der Waals surface area contributed by atoms with E-state index < -0.39 is 0 Å². The summed E-state index contributed by atoms with van der Waals surface area (Å²) in [6, 6.07) is 7.37. The van der Waals surface area contributed by atoms with Crippen molar-refractivity contribution >= 4 is 44.2 Å². The molecule has 8 heteroatoms. The maximum Gasteiger partial charge on any atom is 0.253 e. The molecule has 136 valence electrons. The Hall–Kier alpha value is -1.80. The molecule has 1 saturated heterocycles. The lowest BCUT2D eigenvalue weighted by Gasteiger charge is -2.31. The third-order valence-corrected chi connectivity index (χ3v) is 6.37. The van der Waals surface area contributed by atoms with Crippen LogP contribution in [-0.4, -0.2) is 40.0 Å². The first-order valence-corrected chi connectivity index (χ1v) is 10.4. The van der Waals surface area contributed by atoms with Crippen LogP contribution in [0, 0.1) is 5.92 Å². The SMILES string of the molecule is O=C(Nc1nnc(C2CC2)s1)C1CCN(C(=O)c2ccc(Br)cc2)CC1. The number of carbonyl (C=O) groups excluding carboxylic acids is 2. The molecule has 2 fully saturated rings. The van der Waals surface area contributed by atoms with Crippen molar-refractivity contribution in [2.45, 2.75) is 31.6 Å². The molecule has 1 aromatic carbocycles. The van der Waals surface area contributed by atoms with Gasteiger partial charge in [-0.25, -0.2) is 0 Å². The van der Waals surface area contributed by atoms with Crippen LogP contribution >= 0.6 is 27.3 Å². The second-order valence-corrected chi connectivity index (χ2v) is 8.71.